The second-order valence-electron chi connectivity index (χ2n) is 4.38. The van der Waals surface area contributed by atoms with Crippen molar-refractivity contribution in [2.75, 3.05) is 7.11 Å². The average molecular weight is 287 g/mol. The van der Waals surface area contributed by atoms with Crippen molar-refractivity contribution >= 4 is 22.2 Å². The molecule has 5 nitrogen and oxygen atoms in total. The predicted molar refractivity (Wildman–Crippen MR) is 78.0 cm³/mol. The molecule has 1 amide bonds. The molecule has 1 aromatic carbocycles. The molecule has 2 aromatic heterocycles. The van der Waals surface area contributed by atoms with E-state index in [1.54, 1.807) is 7.11 Å². The van der Waals surface area contributed by atoms with Crippen molar-refractivity contribution in [1.29, 1.82) is 0 Å². The summed E-state index contributed by atoms with van der Waals surface area (Å²) in [6.45, 7) is 0. The third-order valence-corrected chi connectivity index (χ3v) is 3.89. The molecule has 0 aliphatic carbocycles. The number of imidazole rings is 1. The lowest BCUT2D eigenvalue weighted by Crippen LogP contribution is -2.14. The lowest BCUT2D eigenvalue weighted by molar-refractivity contribution is -0.117. The van der Waals surface area contributed by atoms with Gasteiger partial charge in [0.15, 0.2) is 4.96 Å². The van der Waals surface area contributed by atoms with Gasteiger partial charge in [-0.25, -0.2) is 4.98 Å². The molecular formula is C14H13N3O2S. The monoisotopic (exact) mass is 287 g/mol. The molecule has 0 atom stereocenters. The van der Waals surface area contributed by atoms with Crippen molar-refractivity contribution in [3.05, 3.63) is 41.5 Å². The SMILES string of the molecule is COc1cccc(-c2cn3c(CC(N)=O)csc3n2)c1. The molecule has 2 N–H and O–H groups in total. The van der Waals surface area contributed by atoms with Crippen molar-refractivity contribution in [3.63, 3.8) is 0 Å². The molecule has 0 saturated carbocycles. The van der Waals surface area contributed by atoms with Gasteiger partial charge in [0.25, 0.3) is 0 Å². The zero-order valence-corrected chi connectivity index (χ0v) is 11.7. The first-order chi connectivity index (χ1) is 9.67. The lowest BCUT2D eigenvalue weighted by Gasteiger charge is -2.01. The summed E-state index contributed by atoms with van der Waals surface area (Å²) in [5.74, 6) is 0.442. The van der Waals surface area contributed by atoms with E-state index >= 15 is 0 Å². The maximum absolute atomic E-state index is 11.0. The van der Waals surface area contributed by atoms with Crippen LogP contribution in [0.5, 0.6) is 5.75 Å². The summed E-state index contributed by atoms with van der Waals surface area (Å²) in [6.07, 6.45) is 2.13. The molecule has 0 aliphatic rings. The highest BCUT2D eigenvalue weighted by atomic mass is 32.1. The van der Waals surface area contributed by atoms with Crippen LogP contribution in [0.2, 0.25) is 0 Å². The van der Waals surface area contributed by atoms with Crippen LogP contribution < -0.4 is 10.5 Å². The molecule has 6 heteroatoms. The van der Waals surface area contributed by atoms with Crippen molar-refractivity contribution < 1.29 is 9.53 Å². The van der Waals surface area contributed by atoms with Crippen LogP contribution in [0.25, 0.3) is 16.2 Å². The van der Waals surface area contributed by atoms with Gasteiger partial charge >= 0.3 is 0 Å². The van der Waals surface area contributed by atoms with Gasteiger partial charge in [-0.05, 0) is 12.1 Å². The van der Waals surface area contributed by atoms with Gasteiger partial charge < -0.3 is 10.5 Å². The highest BCUT2D eigenvalue weighted by Gasteiger charge is 2.11. The van der Waals surface area contributed by atoms with Crippen LogP contribution in [-0.2, 0) is 11.2 Å². The molecule has 0 bridgehead atoms. The summed E-state index contributed by atoms with van der Waals surface area (Å²) in [5, 5.41) is 1.91. The van der Waals surface area contributed by atoms with E-state index in [0.29, 0.717) is 0 Å². The van der Waals surface area contributed by atoms with Gasteiger partial charge in [-0.2, -0.15) is 0 Å². The minimum Gasteiger partial charge on any atom is -0.497 e. The van der Waals surface area contributed by atoms with Crippen LogP contribution >= 0.6 is 11.3 Å². The van der Waals surface area contributed by atoms with Crippen LogP contribution in [0.1, 0.15) is 5.69 Å². The number of nitrogens with two attached hydrogens (primary N) is 1. The molecule has 0 spiro atoms. The van der Waals surface area contributed by atoms with Crippen molar-refractivity contribution in [2.45, 2.75) is 6.42 Å². The second kappa shape index (κ2) is 4.97. The number of amides is 1. The summed E-state index contributed by atoms with van der Waals surface area (Å²) in [7, 11) is 1.63. The van der Waals surface area contributed by atoms with E-state index in [2.05, 4.69) is 4.98 Å². The summed E-state index contributed by atoms with van der Waals surface area (Å²) >= 11 is 1.49. The van der Waals surface area contributed by atoms with Gasteiger partial charge in [0.1, 0.15) is 5.75 Å². The number of aromatic nitrogens is 2. The van der Waals surface area contributed by atoms with Crippen molar-refractivity contribution in [3.8, 4) is 17.0 Å². The maximum Gasteiger partial charge on any atom is 0.223 e. The molecule has 0 fully saturated rings. The van der Waals surface area contributed by atoms with E-state index < -0.39 is 0 Å². The molecule has 0 saturated heterocycles. The largest absolute Gasteiger partial charge is 0.497 e. The Labute approximate surface area is 119 Å². The van der Waals surface area contributed by atoms with Crippen LogP contribution in [0.3, 0.4) is 0 Å². The Morgan fingerprint density at radius 2 is 2.35 bits per heavy atom. The highest BCUT2D eigenvalue weighted by Crippen LogP contribution is 2.26. The van der Waals surface area contributed by atoms with Gasteiger partial charge in [0.05, 0.1) is 19.2 Å². The van der Waals surface area contributed by atoms with E-state index in [1.165, 1.54) is 11.3 Å². The highest BCUT2D eigenvalue weighted by molar-refractivity contribution is 7.15. The number of nitrogens with zero attached hydrogens (tertiary/aromatic N) is 2. The minimum absolute atomic E-state index is 0.216. The number of methoxy groups -OCH3 is 1. The lowest BCUT2D eigenvalue weighted by atomic mass is 10.1. The average Bonchev–Trinajstić information content (AvgIpc) is 3.00. The van der Waals surface area contributed by atoms with E-state index in [0.717, 1.165) is 27.7 Å². The first-order valence-electron chi connectivity index (χ1n) is 6.05. The molecule has 2 heterocycles. The number of carbonyl (C=O) groups is 1. The fourth-order valence-electron chi connectivity index (χ4n) is 2.06. The molecule has 0 aliphatic heterocycles. The fraction of sp³-hybridized carbons (Fsp3) is 0.143. The van der Waals surface area contributed by atoms with E-state index in [-0.39, 0.29) is 12.3 Å². The zero-order valence-electron chi connectivity index (χ0n) is 10.9. The van der Waals surface area contributed by atoms with Gasteiger partial charge in [0, 0.05) is 22.8 Å². The maximum atomic E-state index is 11.0. The van der Waals surface area contributed by atoms with Crippen LogP contribution in [0.15, 0.2) is 35.8 Å². The molecule has 0 radical (unpaired) electrons. The fourth-order valence-corrected chi connectivity index (χ4v) is 2.93. The number of ether oxygens (including phenoxy) is 1. The molecule has 3 aromatic rings. The Kier molecular flexibility index (Phi) is 3.15. The van der Waals surface area contributed by atoms with Gasteiger partial charge in [-0.1, -0.05) is 12.1 Å². The Balaban J connectivity index is 2.04. The number of thiazole rings is 1. The quantitative estimate of drug-likeness (QED) is 0.799. The minimum atomic E-state index is -0.346. The summed E-state index contributed by atoms with van der Waals surface area (Å²) in [6, 6.07) is 7.72. The molecule has 102 valence electrons. The standard InChI is InChI=1S/C14H13N3O2S/c1-19-11-4-2-3-9(5-11)12-7-17-10(6-13(15)18)8-20-14(17)16-12/h2-5,7-8H,6H2,1H3,(H2,15,18). The van der Waals surface area contributed by atoms with E-state index in [9.17, 15) is 4.79 Å². The molecular weight excluding hydrogens is 274 g/mol. The number of fused-ring (bicyclic) bond motifs is 1. The Morgan fingerprint density at radius 1 is 1.50 bits per heavy atom. The Bertz CT molecular complexity index is 776. The summed E-state index contributed by atoms with van der Waals surface area (Å²) in [4.78, 5) is 16.5. The molecule has 20 heavy (non-hydrogen) atoms. The number of primary amides is 1. The number of rotatable bonds is 4. The van der Waals surface area contributed by atoms with Crippen LogP contribution in [-0.4, -0.2) is 22.4 Å². The van der Waals surface area contributed by atoms with Crippen LogP contribution in [0.4, 0.5) is 0 Å². The number of benzene rings is 1. The predicted octanol–water partition coefficient (Wildman–Crippen LogP) is 2.10. The Morgan fingerprint density at radius 3 is 3.10 bits per heavy atom. The third-order valence-electron chi connectivity index (χ3n) is 3.00. The van der Waals surface area contributed by atoms with Crippen molar-refractivity contribution in [1.82, 2.24) is 9.38 Å². The molecule has 3 rings (SSSR count). The van der Waals surface area contributed by atoms with Gasteiger partial charge in [0.2, 0.25) is 5.91 Å². The van der Waals surface area contributed by atoms with Gasteiger partial charge in [-0.15, -0.1) is 11.3 Å². The first-order valence-corrected chi connectivity index (χ1v) is 6.93. The normalized spacial score (nSPS) is 10.8. The summed E-state index contributed by atoms with van der Waals surface area (Å²) in [5.41, 5.74) is 7.93. The smallest absolute Gasteiger partial charge is 0.223 e. The van der Waals surface area contributed by atoms with Crippen LogP contribution in [0, 0.1) is 0 Å². The van der Waals surface area contributed by atoms with Crippen molar-refractivity contribution in [2.24, 2.45) is 5.73 Å². The van der Waals surface area contributed by atoms with E-state index in [1.807, 2.05) is 40.2 Å². The third kappa shape index (κ3) is 2.25. The first kappa shape index (κ1) is 12.7. The zero-order chi connectivity index (χ0) is 14.1. The molecule has 0 unspecified atom stereocenters. The summed E-state index contributed by atoms with van der Waals surface area (Å²) < 4.78 is 7.12. The van der Waals surface area contributed by atoms with Gasteiger partial charge in [-0.3, -0.25) is 9.20 Å². The number of carbonyl (C=O) groups excluding carboxylic acids is 1. The number of hydrogen-bond acceptors (Lipinski definition) is 4. The number of hydrogen-bond donors (Lipinski definition) is 1. The second-order valence-corrected chi connectivity index (χ2v) is 5.22. The van der Waals surface area contributed by atoms with E-state index in [4.69, 9.17) is 10.5 Å². The topological polar surface area (TPSA) is 69.6 Å². The Hall–Kier alpha value is -2.34.